The van der Waals surface area contributed by atoms with E-state index in [-0.39, 0.29) is 0 Å². The summed E-state index contributed by atoms with van der Waals surface area (Å²) in [6, 6.07) is 0. The molecule has 2 nitrogen and oxygen atoms in total. The van der Waals surface area contributed by atoms with Gasteiger partial charge in [0.1, 0.15) is 5.82 Å². The highest BCUT2D eigenvalue weighted by molar-refractivity contribution is 5.20. The minimum Gasteiger partial charge on any atom is -0.334 e. The Morgan fingerprint density at radius 1 is 1.86 bits per heavy atom. The smallest absolute Gasteiger partial charge is 0.114 e. The molecule has 0 fully saturated rings. The molecule has 0 N–H and O–H groups in total. The van der Waals surface area contributed by atoms with Gasteiger partial charge in [0.25, 0.3) is 0 Å². The van der Waals surface area contributed by atoms with Crippen LogP contribution in [0.25, 0.3) is 0 Å². The third-order valence-corrected chi connectivity index (χ3v) is 1.52. The number of nitrogens with zero attached hydrogens (tertiary/aromatic N) is 2. The number of hydrogen-bond acceptors (Lipinski definition) is 1. The third kappa shape index (κ3) is 0.204. The summed E-state index contributed by atoms with van der Waals surface area (Å²) in [6.07, 6.45) is 3.03. The average Bonchev–Trinajstić information content (AvgIpc) is 2.18. The van der Waals surface area contributed by atoms with Gasteiger partial charge in [0, 0.05) is 25.4 Å². The van der Waals surface area contributed by atoms with Gasteiger partial charge < -0.3 is 4.57 Å². The maximum Gasteiger partial charge on any atom is 0.114 e. The lowest BCUT2D eigenvalue weighted by atomic mass is 10.2. The van der Waals surface area contributed by atoms with E-state index in [9.17, 15) is 0 Å². The van der Waals surface area contributed by atoms with Gasteiger partial charge >= 0.3 is 0 Å². The van der Waals surface area contributed by atoms with Crippen LogP contribution in [0.3, 0.4) is 0 Å². The molecule has 2 aliphatic rings. The summed E-state index contributed by atoms with van der Waals surface area (Å²) >= 11 is 0. The zero-order valence-corrected chi connectivity index (χ0v) is 4.18. The monoisotopic (exact) mass is 94.1 g/mol. The molecule has 3 heterocycles. The van der Waals surface area contributed by atoms with Crippen LogP contribution in [-0.2, 0) is 13.5 Å². The molecule has 1 aromatic rings. The quantitative estimate of drug-likeness (QED) is 0.460. The summed E-state index contributed by atoms with van der Waals surface area (Å²) in [4.78, 5) is 4.07. The molecule has 0 radical (unpaired) electrons. The van der Waals surface area contributed by atoms with E-state index in [0.29, 0.717) is 0 Å². The molecule has 0 aliphatic carbocycles. The Hall–Kier alpha value is -0.790. The highest BCUT2D eigenvalue weighted by Gasteiger charge is 2.16. The molecule has 2 bridgehead atoms. The molecule has 2 aliphatic heterocycles. The first kappa shape index (κ1) is 3.24. The summed E-state index contributed by atoms with van der Waals surface area (Å²) in [5, 5.41) is 0. The van der Waals surface area contributed by atoms with Crippen LogP contribution >= 0.6 is 0 Å². The molecule has 0 atom stereocenters. The maximum atomic E-state index is 4.07. The predicted molar refractivity (Wildman–Crippen MR) is 26.0 cm³/mol. The van der Waals surface area contributed by atoms with E-state index < -0.39 is 0 Å². The summed E-state index contributed by atoms with van der Waals surface area (Å²) in [6.45, 7) is 0. The molecule has 1 aromatic heterocycles. The average molecular weight is 94.1 g/mol. The highest BCUT2D eigenvalue weighted by Crippen LogP contribution is 2.17. The number of imidazole rings is 1. The van der Waals surface area contributed by atoms with Gasteiger partial charge in [0.05, 0.1) is 0 Å². The second kappa shape index (κ2) is 0.735. The van der Waals surface area contributed by atoms with Gasteiger partial charge in [-0.3, -0.25) is 0 Å². The lowest BCUT2D eigenvalue weighted by Crippen LogP contribution is -2.11. The zero-order chi connectivity index (χ0) is 4.85. The van der Waals surface area contributed by atoms with Crippen LogP contribution in [0.5, 0.6) is 0 Å². The van der Waals surface area contributed by atoms with E-state index >= 15 is 0 Å². The maximum absolute atomic E-state index is 4.07. The van der Waals surface area contributed by atoms with E-state index in [1.165, 1.54) is 11.5 Å². The first-order valence-corrected chi connectivity index (χ1v) is 2.37. The van der Waals surface area contributed by atoms with Crippen molar-refractivity contribution >= 4 is 0 Å². The van der Waals surface area contributed by atoms with Crippen molar-refractivity contribution in [2.24, 2.45) is 7.05 Å². The first-order chi connectivity index (χ1) is 3.38. The summed E-state index contributed by atoms with van der Waals surface area (Å²) in [7, 11) is 2.04. The van der Waals surface area contributed by atoms with Gasteiger partial charge in [-0.1, -0.05) is 0 Å². The third-order valence-electron chi connectivity index (χ3n) is 1.52. The van der Waals surface area contributed by atoms with Crippen molar-refractivity contribution in [3.8, 4) is 0 Å². The topological polar surface area (TPSA) is 17.8 Å². The fourth-order valence-electron chi connectivity index (χ4n) is 0.887. The van der Waals surface area contributed by atoms with Gasteiger partial charge in [-0.05, 0) is 0 Å². The van der Waals surface area contributed by atoms with Crippen molar-refractivity contribution < 1.29 is 0 Å². The summed E-state index contributed by atoms with van der Waals surface area (Å²) in [5.41, 5.74) is 1.36. The zero-order valence-electron chi connectivity index (χ0n) is 4.18. The molecular formula is C5H6N2. The molecule has 0 unspecified atom stereocenters. The second-order valence-corrected chi connectivity index (χ2v) is 1.90. The normalized spacial score (nSPS) is 13.9. The second-order valence-electron chi connectivity index (χ2n) is 1.90. The van der Waals surface area contributed by atoms with Crippen molar-refractivity contribution in [3.63, 3.8) is 0 Å². The van der Waals surface area contributed by atoms with Crippen molar-refractivity contribution in [2.45, 2.75) is 6.42 Å². The lowest BCUT2D eigenvalue weighted by molar-refractivity contribution is 0.696. The fourth-order valence-corrected chi connectivity index (χ4v) is 0.887. The Balaban J connectivity index is 2.83. The lowest BCUT2D eigenvalue weighted by Gasteiger charge is -2.11. The van der Waals surface area contributed by atoms with Gasteiger partial charge in [0.15, 0.2) is 0 Å². The molecule has 7 heavy (non-hydrogen) atoms. The highest BCUT2D eigenvalue weighted by atomic mass is 15.1. The van der Waals surface area contributed by atoms with E-state index in [2.05, 4.69) is 9.55 Å². The van der Waals surface area contributed by atoms with Crippen molar-refractivity contribution in [1.82, 2.24) is 9.55 Å². The van der Waals surface area contributed by atoms with Crippen LogP contribution < -0.4 is 0 Å². The minimum atomic E-state index is 1.11. The largest absolute Gasteiger partial charge is 0.334 e. The Labute approximate surface area is 41.8 Å². The van der Waals surface area contributed by atoms with E-state index in [4.69, 9.17) is 0 Å². The van der Waals surface area contributed by atoms with Crippen molar-refractivity contribution in [3.05, 3.63) is 17.7 Å². The number of hydrogen-bond donors (Lipinski definition) is 0. The van der Waals surface area contributed by atoms with Crippen molar-refractivity contribution in [1.29, 1.82) is 0 Å². The molecule has 0 saturated heterocycles. The van der Waals surface area contributed by atoms with Crippen molar-refractivity contribution in [2.75, 3.05) is 0 Å². The SMILES string of the molecule is Cn1c2cnc1C2. The molecule has 3 rings (SSSR count). The van der Waals surface area contributed by atoms with E-state index in [1.807, 2.05) is 13.2 Å². The van der Waals surface area contributed by atoms with Crippen LogP contribution in [0.15, 0.2) is 6.20 Å². The molecular weight excluding hydrogens is 88.1 g/mol. The van der Waals surface area contributed by atoms with Crippen LogP contribution in [-0.4, -0.2) is 9.55 Å². The number of rotatable bonds is 0. The van der Waals surface area contributed by atoms with E-state index in [1.54, 1.807) is 0 Å². The first-order valence-electron chi connectivity index (χ1n) is 2.37. The summed E-state index contributed by atoms with van der Waals surface area (Å²) < 4.78 is 2.11. The Morgan fingerprint density at radius 3 is 2.86 bits per heavy atom. The standard InChI is InChI=1S/C5H6N2/c1-7-4-2-5(7)6-3-4/h3H,2H2,1H3. The van der Waals surface area contributed by atoms with Gasteiger partial charge in [0.2, 0.25) is 0 Å². The number of fused-ring (bicyclic) bond motifs is 1. The molecule has 0 spiro atoms. The molecule has 0 aromatic carbocycles. The fraction of sp³-hybridized carbons (Fsp3) is 0.400. The molecule has 0 amide bonds. The minimum absolute atomic E-state index is 1.11. The Kier molecular flexibility index (Phi) is 0.340. The van der Waals surface area contributed by atoms with Crippen LogP contribution in [0.4, 0.5) is 0 Å². The molecule has 36 valence electrons. The molecule has 2 heteroatoms. The van der Waals surface area contributed by atoms with Crippen LogP contribution in [0.2, 0.25) is 0 Å². The number of aromatic nitrogens is 2. The Morgan fingerprint density at radius 2 is 2.71 bits per heavy atom. The summed E-state index contributed by atoms with van der Waals surface area (Å²) in [5.74, 6) is 1.22. The Bertz CT molecular complexity index is 180. The van der Waals surface area contributed by atoms with Gasteiger partial charge in [-0.2, -0.15) is 0 Å². The van der Waals surface area contributed by atoms with Gasteiger partial charge in [-0.15, -0.1) is 0 Å². The predicted octanol–water partition coefficient (Wildman–Crippen LogP) is 0.324. The van der Waals surface area contributed by atoms with Gasteiger partial charge in [-0.25, -0.2) is 4.98 Å². The molecule has 0 saturated carbocycles. The van der Waals surface area contributed by atoms with E-state index in [0.717, 1.165) is 6.42 Å². The van der Waals surface area contributed by atoms with Crippen LogP contribution in [0, 0.1) is 0 Å². The van der Waals surface area contributed by atoms with Crippen LogP contribution in [0.1, 0.15) is 11.5 Å². The number of aryl methyl sites for hydroxylation is 1.